The van der Waals surface area contributed by atoms with Crippen molar-refractivity contribution in [1.82, 2.24) is 9.80 Å². The summed E-state index contributed by atoms with van der Waals surface area (Å²) in [5.41, 5.74) is 1.22. The Kier molecular flexibility index (Phi) is 6.97. The van der Waals surface area contributed by atoms with Gasteiger partial charge in [0.2, 0.25) is 0 Å². The lowest BCUT2D eigenvalue weighted by molar-refractivity contribution is -0.140. The van der Waals surface area contributed by atoms with Crippen molar-refractivity contribution in [3.8, 4) is 11.5 Å². The lowest BCUT2D eigenvalue weighted by atomic mass is 9.95. The van der Waals surface area contributed by atoms with Gasteiger partial charge in [-0.3, -0.25) is 9.59 Å². The van der Waals surface area contributed by atoms with Gasteiger partial charge in [-0.25, -0.2) is 0 Å². The summed E-state index contributed by atoms with van der Waals surface area (Å²) in [5.74, 6) is -0.287. The van der Waals surface area contributed by atoms with Crippen molar-refractivity contribution in [3.05, 3.63) is 65.2 Å². The SMILES string of the molecule is CCOc1cccc(C(O)=C2C(=O)C(=O)N(CCN(C)C)C2c2ccc(OC)cc2)c1. The van der Waals surface area contributed by atoms with Crippen LogP contribution in [0.25, 0.3) is 5.76 Å². The molecule has 0 radical (unpaired) electrons. The second kappa shape index (κ2) is 9.66. The number of rotatable bonds is 8. The number of hydrogen-bond acceptors (Lipinski definition) is 6. The van der Waals surface area contributed by atoms with Crippen LogP contribution >= 0.6 is 0 Å². The number of Topliss-reactive ketones (excluding diaryl/α,β-unsaturated/α-hetero) is 1. The van der Waals surface area contributed by atoms with Crippen molar-refractivity contribution >= 4 is 17.4 Å². The molecule has 1 aliphatic heterocycles. The molecule has 0 aliphatic carbocycles. The number of ketones is 1. The quantitative estimate of drug-likeness (QED) is 0.399. The van der Waals surface area contributed by atoms with E-state index in [-0.39, 0.29) is 11.3 Å². The Hall–Kier alpha value is -3.32. The van der Waals surface area contributed by atoms with E-state index in [1.165, 1.54) is 4.90 Å². The number of carbonyl (C=O) groups excluding carboxylic acids is 2. The number of benzene rings is 2. The van der Waals surface area contributed by atoms with Crippen molar-refractivity contribution in [1.29, 1.82) is 0 Å². The van der Waals surface area contributed by atoms with Gasteiger partial charge in [0.15, 0.2) is 0 Å². The van der Waals surface area contributed by atoms with Gasteiger partial charge in [-0.2, -0.15) is 0 Å². The summed E-state index contributed by atoms with van der Waals surface area (Å²) >= 11 is 0. The summed E-state index contributed by atoms with van der Waals surface area (Å²) in [6.45, 7) is 3.28. The monoisotopic (exact) mass is 424 g/mol. The van der Waals surface area contributed by atoms with Crippen LogP contribution < -0.4 is 9.47 Å². The van der Waals surface area contributed by atoms with E-state index >= 15 is 0 Å². The average Bonchev–Trinajstić information content (AvgIpc) is 3.02. The molecule has 1 saturated heterocycles. The molecule has 3 rings (SSSR count). The molecule has 0 spiro atoms. The second-order valence-corrected chi connectivity index (χ2v) is 7.53. The second-order valence-electron chi connectivity index (χ2n) is 7.53. The van der Waals surface area contributed by atoms with E-state index < -0.39 is 17.7 Å². The lowest BCUT2D eigenvalue weighted by Crippen LogP contribution is -2.35. The summed E-state index contributed by atoms with van der Waals surface area (Å²) in [4.78, 5) is 29.4. The molecular weight excluding hydrogens is 396 g/mol. The van der Waals surface area contributed by atoms with Crippen molar-refractivity contribution in [2.45, 2.75) is 13.0 Å². The molecule has 164 valence electrons. The molecule has 1 N–H and O–H groups in total. The number of carbonyl (C=O) groups is 2. The van der Waals surface area contributed by atoms with Crippen LogP contribution in [-0.4, -0.2) is 67.5 Å². The molecule has 7 heteroatoms. The smallest absolute Gasteiger partial charge is 0.295 e. The standard InChI is InChI=1S/C24H28N2O5/c1-5-31-19-8-6-7-17(15-19)22(27)20-21(16-9-11-18(30-4)12-10-16)26(14-13-25(2)3)24(29)23(20)28/h6-12,15,21,27H,5,13-14H2,1-4H3. The Labute approximate surface area is 182 Å². The van der Waals surface area contributed by atoms with Gasteiger partial charge >= 0.3 is 0 Å². The van der Waals surface area contributed by atoms with Gasteiger partial charge in [-0.1, -0.05) is 24.3 Å². The normalized spacial score (nSPS) is 18.0. The molecule has 1 atom stereocenters. The molecule has 0 aromatic heterocycles. The van der Waals surface area contributed by atoms with Gasteiger partial charge in [-0.15, -0.1) is 0 Å². The number of methoxy groups -OCH3 is 1. The maximum absolute atomic E-state index is 13.0. The van der Waals surface area contributed by atoms with Gasteiger partial charge in [0.05, 0.1) is 25.3 Å². The number of amides is 1. The maximum atomic E-state index is 13.0. The number of hydrogen-bond donors (Lipinski definition) is 1. The highest BCUT2D eigenvalue weighted by molar-refractivity contribution is 6.46. The molecular formula is C24H28N2O5. The zero-order chi connectivity index (χ0) is 22.5. The van der Waals surface area contributed by atoms with Gasteiger partial charge in [0.1, 0.15) is 17.3 Å². The van der Waals surface area contributed by atoms with E-state index in [9.17, 15) is 14.7 Å². The highest BCUT2D eigenvalue weighted by Crippen LogP contribution is 2.40. The van der Waals surface area contributed by atoms with Crippen LogP contribution in [0.3, 0.4) is 0 Å². The molecule has 1 aliphatic rings. The predicted octanol–water partition coefficient (Wildman–Crippen LogP) is 3.08. The van der Waals surface area contributed by atoms with Crippen LogP contribution in [0.2, 0.25) is 0 Å². The zero-order valence-corrected chi connectivity index (χ0v) is 18.3. The fraction of sp³-hybridized carbons (Fsp3) is 0.333. The molecule has 0 saturated carbocycles. The van der Waals surface area contributed by atoms with Crippen molar-refractivity contribution in [3.63, 3.8) is 0 Å². The Balaban J connectivity index is 2.12. The summed E-state index contributed by atoms with van der Waals surface area (Å²) < 4.78 is 10.7. The van der Waals surface area contributed by atoms with Crippen LogP contribution in [0.5, 0.6) is 11.5 Å². The Bertz CT molecular complexity index is 982. The molecule has 2 aromatic rings. The summed E-state index contributed by atoms with van der Waals surface area (Å²) in [6.07, 6.45) is 0. The summed E-state index contributed by atoms with van der Waals surface area (Å²) in [6, 6.07) is 13.3. The van der Waals surface area contributed by atoms with Crippen LogP contribution in [0.4, 0.5) is 0 Å². The highest BCUT2D eigenvalue weighted by atomic mass is 16.5. The third-order valence-electron chi connectivity index (χ3n) is 5.18. The summed E-state index contributed by atoms with van der Waals surface area (Å²) in [5, 5.41) is 11.1. The minimum Gasteiger partial charge on any atom is -0.507 e. The number of ether oxygens (including phenoxy) is 2. The number of aliphatic hydroxyl groups is 1. The lowest BCUT2D eigenvalue weighted by Gasteiger charge is -2.26. The van der Waals surface area contributed by atoms with E-state index in [1.807, 2.05) is 38.1 Å². The molecule has 7 nitrogen and oxygen atoms in total. The third-order valence-corrected chi connectivity index (χ3v) is 5.18. The third kappa shape index (κ3) is 4.72. The first kappa shape index (κ1) is 22.4. The first-order valence-electron chi connectivity index (χ1n) is 10.2. The average molecular weight is 424 g/mol. The molecule has 0 bridgehead atoms. The van der Waals surface area contributed by atoms with Crippen LogP contribution in [0.15, 0.2) is 54.1 Å². The summed E-state index contributed by atoms with van der Waals surface area (Å²) in [7, 11) is 5.37. The number of nitrogens with zero attached hydrogens (tertiary/aromatic N) is 2. The molecule has 1 amide bonds. The van der Waals surface area contributed by atoms with E-state index in [0.29, 0.717) is 36.8 Å². The molecule has 31 heavy (non-hydrogen) atoms. The van der Waals surface area contributed by atoms with Crippen LogP contribution in [0.1, 0.15) is 24.1 Å². The highest BCUT2D eigenvalue weighted by Gasteiger charge is 2.45. The minimum absolute atomic E-state index is 0.0718. The van der Waals surface area contributed by atoms with Gasteiger partial charge in [0.25, 0.3) is 11.7 Å². The largest absolute Gasteiger partial charge is 0.507 e. The number of likely N-dealkylation sites (N-methyl/N-ethyl adjacent to an activating group) is 1. The van der Waals surface area contributed by atoms with Crippen molar-refractivity contribution in [2.75, 3.05) is 40.9 Å². The van der Waals surface area contributed by atoms with E-state index in [1.54, 1.807) is 43.5 Å². The Morgan fingerprint density at radius 2 is 1.81 bits per heavy atom. The van der Waals surface area contributed by atoms with Gasteiger partial charge in [0, 0.05) is 18.7 Å². The number of likely N-dealkylation sites (tertiary alicyclic amines) is 1. The topological polar surface area (TPSA) is 79.3 Å². The van der Waals surface area contributed by atoms with Crippen LogP contribution in [0, 0.1) is 0 Å². The van der Waals surface area contributed by atoms with E-state index in [0.717, 1.165) is 5.56 Å². The minimum atomic E-state index is -0.695. The van der Waals surface area contributed by atoms with Gasteiger partial charge < -0.3 is 24.4 Å². The van der Waals surface area contributed by atoms with E-state index in [4.69, 9.17) is 9.47 Å². The maximum Gasteiger partial charge on any atom is 0.295 e. The number of aliphatic hydroxyl groups excluding tert-OH is 1. The first-order chi connectivity index (χ1) is 14.9. The molecule has 1 heterocycles. The van der Waals surface area contributed by atoms with Crippen molar-refractivity contribution < 1.29 is 24.2 Å². The predicted molar refractivity (Wildman–Crippen MR) is 118 cm³/mol. The van der Waals surface area contributed by atoms with Crippen molar-refractivity contribution in [2.24, 2.45) is 0 Å². The first-order valence-corrected chi connectivity index (χ1v) is 10.2. The van der Waals surface area contributed by atoms with Gasteiger partial charge in [-0.05, 0) is 50.8 Å². The zero-order valence-electron chi connectivity index (χ0n) is 18.3. The fourth-order valence-electron chi connectivity index (χ4n) is 3.61. The Morgan fingerprint density at radius 1 is 1.10 bits per heavy atom. The fourth-order valence-corrected chi connectivity index (χ4v) is 3.61. The molecule has 2 aromatic carbocycles. The van der Waals surface area contributed by atoms with E-state index in [2.05, 4.69) is 0 Å². The van der Waals surface area contributed by atoms with Crippen LogP contribution in [-0.2, 0) is 9.59 Å². The molecule has 1 unspecified atom stereocenters. The Morgan fingerprint density at radius 3 is 2.42 bits per heavy atom. The molecule has 1 fully saturated rings.